The lowest BCUT2D eigenvalue weighted by atomic mass is 10.2. The van der Waals surface area contributed by atoms with Gasteiger partial charge in [-0.1, -0.05) is 25.8 Å². The zero-order valence-corrected chi connectivity index (χ0v) is 15.5. The molecule has 134 valence electrons. The lowest BCUT2D eigenvalue weighted by Crippen LogP contribution is -2.21. The summed E-state index contributed by atoms with van der Waals surface area (Å²) in [7, 11) is 1.62. The number of rotatable bonds is 6. The Bertz CT molecular complexity index is 694. The van der Waals surface area contributed by atoms with Crippen LogP contribution in [0.3, 0.4) is 0 Å². The van der Waals surface area contributed by atoms with Crippen LogP contribution in [0.25, 0.3) is 6.08 Å². The molecule has 2 fully saturated rings. The van der Waals surface area contributed by atoms with Crippen molar-refractivity contribution in [1.29, 1.82) is 0 Å². The molecule has 0 bridgehead atoms. The summed E-state index contributed by atoms with van der Waals surface area (Å²) < 4.78 is 11.1. The van der Waals surface area contributed by atoms with Crippen LogP contribution in [0.5, 0.6) is 11.5 Å². The maximum Gasteiger partial charge on any atom is 0.264 e. The topological polar surface area (TPSA) is 59.9 Å². The maximum atomic E-state index is 12.2. The number of amidine groups is 1. The van der Waals surface area contributed by atoms with Gasteiger partial charge in [0.2, 0.25) is 0 Å². The molecule has 0 aromatic heterocycles. The molecule has 1 saturated carbocycles. The Hall–Kier alpha value is -1.95. The third kappa shape index (κ3) is 4.57. The van der Waals surface area contributed by atoms with E-state index in [1.807, 2.05) is 24.3 Å². The van der Waals surface area contributed by atoms with Crippen LogP contribution in [0.2, 0.25) is 0 Å². The highest BCUT2D eigenvalue weighted by Crippen LogP contribution is 2.32. The molecular formula is C19H24N2O3S. The van der Waals surface area contributed by atoms with Gasteiger partial charge in [0, 0.05) is 0 Å². The second-order valence-corrected chi connectivity index (χ2v) is 7.23. The molecule has 0 unspecified atom stereocenters. The number of methoxy groups -OCH3 is 1. The first-order valence-electron chi connectivity index (χ1n) is 8.79. The number of carbonyl (C=O) groups is 1. The number of nitrogens with zero attached hydrogens (tertiary/aromatic N) is 1. The number of benzene rings is 1. The number of aliphatic imine (C=N–C) groups is 1. The first kappa shape index (κ1) is 17.9. The Labute approximate surface area is 152 Å². The number of amides is 1. The standard InChI is InChI=1S/C19H24N2O3S/c1-3-10-24-16-11-13(8-9-15(16)23-2)12-17-18(22)21-19(25-17)20-14-6-4-5-7-14/h8-9,11-12,14H,3-7,10H2,1-2H3,(H,20,21,22)/b17-12+. The van der Waals surface area contributed by atoms with Gasteiger partial charge >= 0.3 is 0 Å². The van der Waals surface area contributed by atoms with Crippen molar-refractivity contribution in [2.24, 2.45) is 4.99 Å². The highest BCUT2D eigenvalue weighted by atomic mass is 32.2. The third-order valence-corrected chi connectivity index (χ3v) is 5.15. The van der Waals surface area contributed by atoms with Gasteiger partial charge in [0.15, 0.2) is 16.7 Å². The summed E-state index contributed by atoms with van der Waals surface area (Å²) in [6.07, 6.45) is 7.50. The van der Waals surface area contributed by atoms with E-state index in [1.54, 1.807) is 7.11 Å². The Kier molecular flexibility index (Phi) is 6.02. The zero-order chi connectivity index (χ0) is 17.6. The molecule has 1 aromatic carbocycles. The van der Waals surface area contributed by atoms with E-state index in [1.165, 1.54) is 24.6 Å². The van der Waals surface area contributed by atoms with Gasteiger partial charge in [0.25, 0.3) is 5.91 Å². The maximum absolute atomic E-state index is 12.2. The van der Waals surface area contributed by atoms with Gasteiger partial charge in [-0.3, -0.25) is 9.79 Å². The molecule has 1 aliphatic carbocycles. The van der Waals surface area contributed by atoms with Crippen LogP contribution in [0.1, 0.15) is 44.6 Å². The zero-order valence-electron chi connectivity index (χ0n) is 14.7. The summed E-state index contributed by atoms with van der Waals surface area (Å²) in [5, 5.41) is 3.59. The fourth-order valence-electron chi connectivity index (χ4n) is 2.95. The summed E-state index contributed by atoms with van der Waals surface area (Å²) in [5.74, 6) is 1.30. The van der Waals surface area contributed by atoms with Gasteiger partial charge in [-0.15, -0.1) is 0 Å². The molecule has 3 rings (SSSR count). The van der Waals surface area contributed by atoms with Crippen molar-refractivity contribution in [1.82, 2.24) is 5.32 Å². The van der Waals surface area contributed by atoms with E-state index in [0.29, 0.717) is 29.1 Å². The van der Waals surface area contributed by atoms with Crippen molar-refractivity contribution in [2.45, 2.75) is 45.1 Å². The Morgan fingerprint density at radius 3 is 2.84 bits per heavy atom. The lowest BCUT2D eigenvalue weighted by molar-refractivity contribution is -0.115. The average Bonchev–Trinajstić information content (AvgIpc) is 3.23. The molecule has 0 radical (unpaired) electrons. The van der Waals surface area contributed by atoms with E-state index >= 15 is 0 Å². The van der Waals surface area contributed by atoms with Crippen LogP contribution in [-0.4, -0.2) is 30.8 Å². The predicted octanol–water partition coefficient (Wildman–Crippen LogP) is 3.99. The fourth-order valence-corrected chi connectivity index (χ4v) is 3.84. The quantitative estimate of drug-likeness (QED) is 0.780. The Morgan fingerprint density at radius 1 is 1.32 bits per heavy atom. The van der Waals surface area contributed by atoms with Gasteiger partial charge in [0.1, 0.15) is 0 Å². The van der Waals surface area contributed by atoms with Crippen molar-refractivity contribution >= 4 is 28.9 Å². The normalized spacial score (nSPS) is 21.1. The van der Waals surface area contributed by atoms with Crippen LogP contribution < -0.4 is 14.8 Å². The minimum absolute atomic E-state index is 0.0893. The van der Waals surface area contributed by atoms with E-state index in [4.69, 9.17) is 9.47 Å². The monoisotopic (exact) mass is 360 g/mol. The largest absolute Gasteiger partial charge is 0.493 e. The first-order chi connectivity index (χ1) is 12.2. The molecule has 1 saturated heterocycles. The SMILES string of the molecule is CCCOc1cc(/C=C2/SC(=NC3CCCC3)NC2=O)ccc1OC. The average molecular weight is 360 g/mol. The van der Waals surface area contributed by atoms with E-state index in [0.717, 1.165) is 30.0 Å². The van der Waals surface area contributed by atoms with Crippen molar-refractivity contribution < 1.29 is 14.3 Å². The van der Waals surface area contributed by atoms with Crippen LogP contribution in [0.4, 0.5) is 0 Å². The highest BCUT2D eigenvalue weighted by molar-refractivity contribution is 8.18. The fraction of sp³-hybridized carbons (Fsp3) is 0.474. The molecule has 0 atom stereocenters. The number of hydrogen-bond donors (Lipinski definition) is 1. The number of nitrogens with one attached hydrogen (secondary N) is 1. The second-order valence-electron chi connectivity index (χ2n) is 6.20. The molecule has 1 N–H and O–H groups in total. The summed E-state index contributed by atoms with van der Waals surface area (Å²) >= 11 is 1.41. The van der Waals surface area contributed by atoms with E-state index in [-0.39, 0.29) is 5.91 Å². The molecule has 6 heteroatoms. The number of carbonyl (C=O) groups excluding carboxylic acids is 1. The number of hydrogen-bond acceptors (Lipinski definition) is 5. The van der Waals surface area contributed by atoms with Crippen molar-refractivity contribution in [2.75, 3.05) is 13.7 Å². The first-order valence-corrected chi connectivity index (χ1v) is 9.60. The minimum Gasteiger partial charge on any atom is -0.493 e. The van der Waals surface area contributed by atoms with Gasteiger partial charge in [0.05, 0.1) is 24.7 Å². The Morgan fingerprint density at radius 2 is 2.12 bits per heavy atom. The molecule has 1 aromatic rings. The van der Waals surface area contributed by atoms with Gasteiger partial charge in [-0.2, -0.15) is 0 Å². The van der Waals surface area contributed by atoms with Crippen LogP contribution in [0, 0.1) is 0 Å². The van der Waals surface area contributed by atoms with Crippen LogP contribution in [0.15, 0.2) is 28.1 Å². The predicted molar refractivity (Wildman–Crippen MR) is 102 cm³/mol. The summed E-state index contributed by atoms with van der Waals surface area (Å²) in [4.78, 5) is 17.5. The Balaban J connectivity index is 1.76. The van der Waals surface area contributed by atoms with Crippen LogP contribution >= 0.6 is 11.8 Å². The molecule has 2 aliphatic rings. The van der Waals surface area contributed by atoms with Crippen LogP contribution in [-0.2, 0) is 4.79 Å². The van der Waals surface area contributed by atoms with E-state index in [9.17, 15) is 4.79 Å². The molecule has 5 nitrogen and oxygen atoms in total. The summed E-state index contributed by atoms with van der Waals surface area (Å²) in [6.45, 7) is 2.69. The van der Waals surface area contributed by atoms with E-state index < -0.39 is 0 Å². The molecular weight excluding hydrogens is 336 g/mol. The lowest BCUT2D eigenvalue weighted by Gasteiger charge is -2.10. The summed E-state index contributed by atoms with van der Waals surface area (Å²) in [5.41, 5.74) is 0.909. The molecule has 25 heavy (non-hydrogen) atoms. The number of thioether (sulfide) groups is 1. The third-order valence-electron chi connectivity index (χ3n) is 4.22. The van der Waals surface area contributed by atoms with Gasteiger partial charge in [-0.05, 0) is 54.8 Å². The molecule has 0 spiro atoms. The number of ether oxygens (including phenoxy) is 2. The summed E-state index contributed by atoms with van der Waals surface area (Å²) in [6, 6.07) is 6.05. The van der Waals surface area contributed by atoms with Crippen molar-refractivity contribution in [3.05, 3.63) is 28.7 Å². The smallest absolute Gasteiger partial charge is 0.264 e. The van der Waals surface area contributed by atoms with Gasteiger partial charge in [-0.25, -0.2) is 0 Å². The minimum atomic E-state index is -0.0893. The van der Waals surface area contributed by atoms with E-state index in [2.05, 4.69) is 17.2 Å². The molecule has 1 heterocycles. The highest BCUT2D eigenvalue weighted by Gasteiger charge is 2.25. The second kappa shape index (κ2) is 8.43. The van der Waals surface area contributed by atoms with Crippen molar-refractivity contribution in [3.8, 4) is 11.5 Å². The molecule has 1 aliphatic heterocycles. The van der Waals surface area contributed by atoms with Gasteiger partial charge < -0.3 is 14.8 Å². The van der Waals surface area contributed by atoms with Crippen molar-refractivity contribution in [3.63, 3.8) is 0 Å². The molecule has 1 amide bonds.